The molecule has 1 fully saturated rings. The third kappa shape index (κ3) is 2.82. The van der Waals surface area contributed by atoms with Crippen LogP contribution in [0.3, 0.4) is 0 Å². The molecule has 0 spiro atoms. The maximum Gasteiger partial charge on any atom is 0.277 e. The fraction of sp³-hybridized carbons (Fsp3) is 0.545. The van der Waals surface area contributed by atoms with E-state index in [-0.39, 0.29) is 0 Å². The summed E-state index contributed by atoms with van der Waals surface area (Å²) in [5, 5.41) is 2.21. The van der Waals surface area contributed by atoms with Crippen molar-refractivity contribution < 1.29 is 13.6 Å². The lowest BCUT2D eigenvalue weighted by Crippen LogP contribution is -2.41. The van der Waals surface area contributed by atoms with E-state index in [9.17, 15) is 13.6 Å². The van der Waals surface area contributed by atoms with E-state index in [0.29, 0.717) is 11.7 Å². The van der Waals surface area contributed by atoms with Crippen molar-refractivity contribution in [2.75, 3.05) is 13.1 Å². The lowest BCUT2D eigenvalue weighted by atomic mass is 10.3. The molecule has 0 radical (unpaired) electrons. The Morgan fingerprint density at radius 2 is 2.29 bits per heavy atom. The number of amides is 1. The van der Waals surface area contributed by atoms with E-state index >= 15 is 0 Å². The molecule has 3 N–H and O–H groups in total. The van der Waals surface area contributed by atoms with Gasteiger partial charge in [0.25, 0.3) is 11.8 Å². The van der Waals surface area contributed by atoms with E-state index in [2.05, 4.69) is 5.32 Å². The maximum absolute atomic E-state index is 12.9. The molecule has 1 amide bonds. The molecule has 1 heterocycles. The average Bonchev–Trinajstić information content (AvgIpc) is 3.04. The minimum Gasteiger partial charge on any atom is -0.345 e. The summed E-state index contributed by atoms with van der Waals surface area (Å²) in [5.74, 6) is -3.53. The number of alkyl halides is 2. The van der Waals surface area contributed by atoms with Crippen LogP contribution in [0.15, 0.2) is 18.3 Å². The van der Waals surface area contributed by atoms with Gasteiger partial charge in [0, 0.05) is 12.2 Å². The van der Waals surface area contributed by atoms with Gasteiger partial charge in [-0.2, -0.15) is 0 Å². The van der Waals surface area contributed by atoms with Gasteiger partial charge in [-0.05, 0) is 25.0 Å². The van der Waals surface area contributed by atoms with Crippen molar-refractivity contribution in [1.82, 2.24) is 9.88 Å². The second-order valence-electron chi connectivity index (χ2n) is 4.27. The molecule has 0 aliphatic heterocycles. The summed E-state index contributed by atoms with van der Waals surface area (Å²) in [5.41, 5.74) is 5.32. The third-order valence-electron chi connectivity index (χ3n) is 2.76. The van der Waals surface area contributed by atoms with Gasteiger partial charge in [-0.3, -0.25) is 4.79 Å². The molecule has 6 heteroatoms. The Labute approximate surface area is 97.8 Å². The molecule has 1 aliphatic carbocycles. The highest BCUT2D eigenvalue weighted by molar-refractivity contribution is 5.92. The Hall–Kier alpha value is -1.43. The van der Waals surface area contributed by atoms with Gasteiger partial charge in [0.15, 0.2) is 0 Å². The SMILES string of the molecule is NCC(F)(F)CNC(=O)c1cccn1C1CC1. The van der Waals surface area contributed by atoms with Gasteiger partial charge in [-0.25, -0.2) is 8.78 Å². The molecule has 4 nitrogen and oxygen atoms in total. The standard InChI is InChI=1S/C11H15F2N3O/c12-11(13,6-14)7-15-10(17)9-2-1-5-16(9)8-3-4-8/h1-2,5,8H,3-4,6-7,14H2,(H,15,17). The number of rotatable bonds is 5. The Kier molecular flexibility index (Phi) is 3.15. The highest BCUT2D eigenvalue weighted by Crippen LogP contribution is 2.35. The first-order valence-corrected chi connectivity index (χ1v) is 5.56. The Morgan fingerprint density at radius 1 is 1.59 bits per heavy atom. The zero-order valence-corrected chi connectivity index (χ0v) is 9.33. The van der Waals surface area contributed by atoms with E-state index in [1.54, 1.807) is 18.3 Å². The van der Waals surface area contributed by atoms with E-state index in [4.69, 9.17) is 5.73 Å². The molecule has 0 saturated heterocycles. The van der Waals surface area contributed by atoms with E-state index in [0.717, 1.165) is 12.8 Å². The number of nitrogens with one attached hydrogen (secondary N) is 1. The molecule has 1 aliphatic rings. The highest BCUT2D eigenvalue weighted by atomic mass is 19.3. The molecule has 1 aromatic rings. The van der Waals surface area contributed by atoms with E-state index in [1.165, 1.54) is 0 Å². The van der Waals surface area contributed by atoms with Gasteiger partial charge in [-0.15, -0.1) is 0 Å². The normalized spacial score (nSPS) is 15.9. The first-order valence-electron chi connectivity index (χ1n) is 5.56. The number of nitrogens with two attached hydrogens (primary N) is 1. The van der Waals surface area contributed by atoms with Crippen LogP contribution in [0, 0.1) is 0 Å². The van der Waals surface area contributed by atoms with E-state index in [1.807, 2.05) is 4.57 Å². The van der Waals surface area contributed by atoms with Gasteiger partial charge >= 0.3 is 0 Å². The summed E-state index contributed by atoms with van der Waals surface area (Å²) in [4.78, 5) is 11.7. The second kappa shape index (κ2) is 4.44. The topological polar surface area (TPSA) is 60.0 Å². The van der Waals surface area contributed by atoms with Gasteiger partial charge in [0.05, 0.1) is 13.1 Å². The average molecular weight is 243 g/mol. The molecule has 0 bridgehead atoms. The molecule has 1 aromatic heterocycles. The van der Waals surface area contributed by atoms with Crippen molar-refractivity contribution in [1.29, 1.82) is 0 Å². The summed E-state index contributed by atoms with van der Waals surface area (Å²) >= 11 is 0. The fourth-order valence-corrected chi connectivity index (χ4v) is 1.63. The molecule has 0 unspecified atom stereocenters. The van der Waals surface area contributed by atoms with Crippen molar-refractivity contribution in [2.45, 2.75) is 24.8 Å². The smallest absolute Gasteiger partial charge is 0.277 e. The molecule has 0 aromatic carbocycles. The van der Waals surface area contributed by atoms with Gasteiger partial charge in [-0.1, -0.05) is 0 Å². The van der Waals surface area contributed by atoms with Crippen molar-refractivity contribution in [3.05, 3.63) is 24.0 Å². The Bertz CT molecular complexity index is 413. The summed E-state index contributed by atoms with van der Waals surface area (Å²) in [6.45, 7) is -1.49. The number of nitrogens with zero attached hydrogens (tertiary/aromatic N) is 1. The largest absolute Gasteiger partial charge is 0.345 e. The molecular weight excluding hydrogens is 228 g/mol. The summed E-state index contributed by atoms with van der Waals surface area (Å²) in [7, 11) is 0. The zero-order valence-electron chi connectivity index (χ0n) is 9.33. The predicted octanol–water partition coefficient (Wildman–Crippen LogP) is 1.15. The monoisotopic (exact) mass is 243 g/mol. The third-order valence-corrected chi connectivity index (χ3v) is 2.76. The number of aromatic nitrogens is 1. The lowest BCUT2D eigenvalue weighted by Gasteiger charge is -2.15. The molecule has 17 heavy (non-hydrogen) atoms. The van der Waals surface area contributed by atoms with E-state index < -0.39 is 24.9 Å². The quantitative estimate of drug-likeness (QED) is 0.815. The molecule has 0 atom stereocenters. The number of hydrogen-bond acceptors (Lipinski definition) is 2. The number of carbonyl (C=O) groups excluding carboxylic acids is 1. The number of hydrogen-bond donors (Lipinski definition) is 2. The Morgan fingerprint density at radius 3 is 2.88 bits per heavy atom. The van der Waals surface area contributed by atoms with Crippen LogP contribution >= 0.6 is 0 Å². The summed E-state index contributed by atoms with van der Waals surface area (Å²) in [6, 6.07) is 3.73. The van der Waals surface area contributed by atoms with Crippen molar-refractivity contribution in [3.63, 3.8) is 0 Å². The molecule has 1 saturated carbocycles. The van der Waals surface area contributed by atoms with Crippen LogP contribution in [0.2, 0.25) is 0 Å². The van der Waals surface area contributed by atoms with Gasteiger partial charge < -0.3 is 15.6 Å². The minimum atomic E-state index is -3.05. The van der Waals surface area contributed by atoms with Crippen LogP contribution in [0.4, 0.5) is 8.78 Å². The van der Waals surface area contributed by atoms with Gasteiger partial charge in [0.1, 0.15) is 5.69 Å². The van der Waals surface area contributed by atoms with Crippen LogP contribution in [0.25, 0.3) is 0 Å². The van der Waals surface area contributed by atoms with Crippen LogP contribution in [0.5, 0.6) is 0 Å². The van der Waals surface area contributed by atoms with Crippen LogP contribution in [-0.4, -0.2) is 29.5 Å². The molecule has 2 rings (SSSR count). The zero-order chi connectivity index (χ0) is 12.5. The van der Waals surface area contributed by atoms with Crippen LogP contribution in [-0.2, 0) is 0 Å². The first-order chi connectivity index (χ1) is 8.03. The predicted molar refractivity (Wildman–Crippen MR) is 59.0 cm³/mol. The fourth-order valence-electron chi connectivity index (χ4n) is 1.63. The Balaban J connectivity index is 1.97. The number of halogens is 2. The van der Waals surface area contributed by atoms with Crippen molar-refractivity contribution in [3.8, 4) is 0 Å². The maximum atomic E-state index is 12.9. The van der Waals surface area contributed by atoms with Gasteiger partial charge in [0.2, 0.25) is 0 Å². The first kappa shape index (κ1) is 12.0. The highest BCUT2D eigenvalue weighted by Gasteiger charge is 2.30. The molecular formula is C11H15F2N3O. The second-order valence-corrected chi connectivity index (χ2v) is 4.27. The summed E-state index contributed by atoms with van der Waals surface area (Å²) in [6.07, 6.45) is 3.87. The summed E-state index contributed by atoms with van der Waals surface area (Å²) < 4.78 is 27.6. The van der Waals surface area contributed by atoms with Crippen LogP contribution < -0.4 is 11.1 Å². The van der Waals surface area contributed by atoms with Crippen LogP contribution in [0.1, 0.15) is 29.4 Å². The van der Waals surface area contributed by atoms with Crippen molar-refractivity contribution >= 4 is 5.91 Å². The van der Waals surface area contributed by atoms with Crippen molar-refractivity contribution in [2.24, 2.45) is 5.73 Å². The number of carbonyl (C=O) groups is 1. The molecule has 94 valence electrons. The minimum absolute atomic E-state index is 0.348. The lowest BCUT2D eigenvalue weighted by molar-refractivity contribution is 0.0117.